The smallest absolute Gasteiger partial charge is 0.420 e. The van der Waals surface area contributed by atoms with E-state index in [2.05, 4.69) is 0 Å². The van der Waals surface area contributed by atoms with Crippen LogP contribution in [-0.4, -0.2) is 0 Å². The van der Waals surface area contributed by atoms with Crippen LogP contribution in [0.1, 0.15) is 5.56 Å². The molecule has 0 amide bonds. The number of benzene rings is 1. The third kappa shape index (κ3) is 1.41. The van der Waals surface area contributed by atoms with Gasteiger partial charge in [-0.15, -0.1) is 0 Å². The van der Waals surface area contributed by atoms with Gasteiger partial charge < -0.3 is 9.47 Å². The summed E-state index contributed by atoms with van der Waals surface area (Å²) in [5.74, 6) is -0.218. The summed E-state index contributed by atoms with van der Waals surface area (Å²) in [6.07, 6.45) is -2.18. The van der Waals surface area contributed by atoms with Gasteiger partial charge in [0.25, 0.3) is 0 Å². The van der Waals surface area contributed by atoms with Gasteiger partial charge in [0.15, 0.2) is 11.5 Å². The molecular weight excluding hydrogens is 197 g/mol. The summed E-state index contributed by atoms with van der Waals surface area (Å²) in [6.45, 7) is 0. The van der Waals surface area contributed by atoms with Gasteiger partial charge in [-0.1, -0.05) is 6.07 Å². The molecule has 0 fully saturated rings. The highest BCUT2D eigenvalue weighted by Gasteiger charge is 2.36. The van der Waals surface area contributed by atoms with Crippen LogP contribution in [0, 0.1) is 0 Å². The summed E-state index contributed by atoms with van der Waals surface area (Å²) in [5.41, 5.74) is -0.834. The van der Waals surface area contributed by atoms with E-state index in [9.17, 15) is 13.2 Å². The summed E-state index contributed by atoms with van der Waals surface area (Å²) in [7, 11) is 0. The number of para-hydroxylation sites is 1. The maximum absolute atomic E-state index is 12.4. The largest absolute Gasteiger partial charge is 0.458 e. The maximum Gasteiger partial charge on any atom is 0.420 e. The van der Waals surface area contributed by atoms with Crippen molar-refractivity contribution in [1.82, 2.24) is 0 Å². The van der Waals surface area contributed by atoms with Crippen LogP contribution in [0.25, 0.3) is 0 Å². The molecule has 0 spiro atoms. The van der Waals surface area contributed by atoms with E-state index in [0.29, 0.717) is 0 Å². The molecule has 0 radical (unpaired) electrons. The summed E-state index contributed by atoms with van der Waals surface area (Å²) in [6, 6.07) is 3.62. The number of ether oxygens (including phenoxy) is 2. The quantitative estimate of drug-likeness (QED) is 0.643. The van der Waals surface area contributed by atoms with Crippen LogP contribution in [0.2, 0.25) is 0 Å². The van der Waals surface area contributed by atoms with Gasteiger partial charge >= 0.3 is 6.18 Å². The van der Waals surface area contributed by atoms with Gasteiger partial charge in [-0.25, -0.2) is 0 Å². The lowest BCUT2D eigenvalue weighted by molar-refractivity contribution is -0.138. The Morgan fingerprint density at radius 1 is 1.00 bits per heavy atom. The molecule has 1 aliphatic rings. The minimum atomic E-state index is -4.43. The average molecular weight is 202 g/mol. The monoisotopic (exact) mass is 202 g/mol. The van der Waals surface area contributed by atoms with Crippen LogP contribution in [0.4, 0.5) is 13.2 Å². The Labute approximate surface area is 77.6 Å². The fourth-order valence-corrected chi connectivity index (χ4v) is 1.15. The fraction of sp³-hybridized carbons (Fsp3) is 0.111. The van der Waals surface area contributed by atoms with Crippen molar-refractivity contribution in [3.05, 3.63) is 36.3 Å². The number of hydrogen-bond donors (Lipinski definition) is 0. The Bertz CT molecular complexity index is 382. The topological polar surface area (TPSA) is 18.5 Å². The van der Waals surface area contributed by atoms with Gasteiger partial charge in [-0.3, -0.25) is 0 Å². The predicted molar refractivity (Wildman–Crippen MR) is 41.8 cm³/mol. The van der Waals surface area contributed by atoms with Gasteiger partial charge in [0.2, 0.25) is 0 Å². The molecule has 1 aromatic rings. The van der Waals surface area contributed by atoms with Crippen molar-refractivity contribution in [3.8, 4) is 11.5 Å². The highest BCUT2D eigenvalue weighted by Crippen LogP contribution is 2.42. The van der Waals surface area contributed by atoms with Gasteiger partial charge in [0, 0.05) is 0 Å². The highest BCUT2D eigenvalue weighted by atomic mass is 19.4. The number of rotatable bonds is 0. The van der Waals surface area contributed by atoms with Gasteiger partial charge in [0.05, 0.1) is 0 Å². The molecule has 74 valence electrons. The first-order valence-electron chi connectivity index (χ1n) is 3.77. The molecule has 1 aromatic carbocycles. The molecule has 0 N–H and O–H groups in total. The number of hydrogen-bond acceptors (Lipinski definition) is 2. The lowest BCUT2D eigenvalue weighted by atomic mass is 10.2. The molecule has 0 bridgehead atoms. The molecule has 1 aliphatic heterocycles. The molecule has 0 atom stereocenters. The lowest BCUT2D eigenvalue weighted by Crippen LogP contribution is -2.09. The predicted octanol–water partition coefficient (Wildman–Crippen LogP) is 2.95. The summed E-state index contributed by atoms with van der Waals surface area (Å²) in [4.78, 5) is 0. The van der Waals surface area contributed by atoms with Crippen LogP contribution >= 0.6 is 0 Å². The summed E-state index contributed by atoms with van der Waals surface area (Å²) in [5, 5.41) is 0. The van der Waals surface area contributed by atoms with E-state index in [-0.39, 0.29) is 11.5 Å². The van der Waals surface area contributed by atoms with Crippen molar-refractivity contribution in [2.24, 2.45) is 0 Å². The molecule has 1 heterocycles. The zero-order chi connectivity index (χ0) is 10.2. The van der Waals surface area contributed by atoms with E-state index < -0.39 is 11.7 Å². The minimum Gasteiger partial charge on any atom is -0.458 e. The van der Waals surface area contributed by atoms with E-state index in [0.717, 1.165) is 12.3 Å². The first kappa shape index (κ1) is 8.93. The molecule has 0 saturated heterocycles. The van der Waals surface area contributed by atoms with Crippen molar-refractivity contribution < 1.29 is 22.6 Å². The Hall–Kier alpha value is -1.65. The molecule has 0 aliphatic carbocycles. The van der Waals surface area contributed by atoms with Crippen molar-refractivity contribution in [2.75, 3.05) is 0 Å². The SMILES string of the molecule is FC(F)(F)c1cccc2c1OC=CO2. The van der Waals surface area contributed by atoms with Crippen molar-refractivity contribution in [1.29, 1.82) is 0 Å². The molecule has 2 rings (SSSR count). The Kier molecular flexibility index (Phi) is 1.87. The molecule has 0 aromatic heterocycles. The van der Waals surface area contributed by atoms with Crippen LogP contribution in [-0.2, 0) is 6.18 Å². The Morgan fingerprint density at radius 2 is 1.71 bits per heavy atom. The molecule has 0 saturated carbocycles. The van der Waals surface area contributed by atoms with Crippen LogP contribution in [0.15, 0.2) is 30.7 Å². The first-order chi connectivity index (χ1) is 6.59. The van der Waals surface area contributed by atoms with E-state index in [4.69, 9.17) is 9.47 Å². The van der Waals surface area contributed by atoms with E-state index in [1.165, 1.54) is 18.4 Å². The average Bonchev–Trinajstić information content (AvgIpc) is 2.15. The highest BCUT2D eigenvalue weighted by molar-refractivity contribution is 5.49. The van der Waals surface area contributed by atoms with Crippen LogP contribution < -0.4 is 9.47 Å². The Morgan fingerprint density at radius 3 is 2.43 bits per heavy atom. The number of alkyl halides is 3. The molecule has 2 nitrogen and oxygen atoms in total. The standard InChI is InChI=1S/C9H5F3O2/c10-9(11,12)6-2-1-3-7-8(6)14-5-4-13-7/h1-5H. The van der Waals surface area contributed by atoms with E-state index in [1.807, 2.05) is 0 Å². The van der Waals surface area contributed by atoms with Gasteiger partial charge in [-0.2, -0.15) is 13.2 Å². The third-order valence-electron chi connectivity index (χ3n) is 1.72. The Balaban J connectivity index is 2.54. The van der Waals surface area contributed by atoms with Crippen LogP contribution in [0.5, 0.6) is 11.5 Å². The number of fused-ring (bicyclic) bond motifs is 1. The zero-order valence-electron chi connectivity index (χ0n) is 6.84. The van der Waals surface area contributed by atoms with Crippen molar-refractivity contribution >= 4 is 0 Å². The number of halogens is 3. The summed E-state index contributed by atoms with van der Waals surface area (Å²) < 4.78 is 46.9. The van der Waals surface area contributed by atoms with E-state index >= 15 is 0 Å². The molecule has 0 unspecified atom stereocenters. The van der Waals surface area contributed by atoms with Gasteiger partial charge in [-0.05, 0) is 12.1 Å². The second kappa shape index (κ2) is 2.94. The van der Waals surface area contributed by atoms with Gasteiger partial charge in [0.1, 0.15) is 18.1 Å². The third-order valence-corrected chi connectivity index (χ3v) is 1.72. The second-order valence-electron chi connectivity index (χ2n) is 2.64. The normalized spacial score (nSPS) is 14.2. The van der Waals surface area contributed by atoms with Crippen LogP contribution in [0.3, 0.4) is 0 Å². The molecular formula is C9H5F3O2. The van der Waals surface area contributed by atoms with Crippen molar-refractivity contribution in [2.45, 2.75) is 6.18 Å². The van der Waals surface area contributed by atoms with Crippen molar-refractivity contribution in [3.63, 3.8) is 0 Å². The van der Waals surface area contributed by atoms with E-state index in [1.54, 1.807) is 0 Å². The zero-order valence-corrected chi connectivity index (χ0v) is 6.84. The molecule has 5 heteroatoms. The summed E-state index contributed by atoms with van der Waals surface area (Å²) >= 11 is 0. The lowest BCUT2D eigenvalue weighted by Gasteiger charge is -2.17. The first-order valence-corrected chi connectivity index (χ1v) is 3.77. The molecule has 14 heavy (non-hydrogen) atoms. The maximum atomic E-state index is 12.4. The fourth-order valence-electron chi connectivity index (χ4n) is 1.15. The second-order valence-corrected chi connectivity index (χ2v) is 2.64. The minimum absolute atomic E-state index is 0.0716.